The van der Waals surface area contributed by atoms with Crippen LogP contribution in [-0.2, 0) is 4.79 Å². The van der Waals surface area contributed by atoms with Crippen molar-refractivity contribution in [2.75, 3.05) is 13.1 Å². The Bertz CT molecular complexity index is 845. The molecule has 1 aliphatic heterocycles. The molecule has 0 radical (unpaired) electrons. The average molecular weight is 391 g/mol. The largest absolute Gasteiger partial charge is 0.339 e. The molecule has 2 heterocycles. The van der Waals surface area contributed by atoms with Crippen molar-refractivity contribution < 1.29 is 4.79 Å². The first-order chi connectivity index (χ1) is 12.5. The Labute approximate surface area is 163 Å². The highest BCUT2D eigenvalue weighted by atomic mass is 35.5. The third kappa shape index (κ3) is 4.24. The fraction of sp³-hybridized carbons (Fsp3) is 0.421. The van der Waals surface area contributed by atoms with Crippen molar-refractivity contribution in [3.05, 3.63) is 51.5 Å². The van der Waals surface area contributed by atoms with Gasteiger partial charge < -0.3 is 9.47 Å². The molecule has 3 rings (SSSR count). The zero-order valence-corrected chi connectivity index (χ0v) is 16.6. The van der Waals surface area contributed by atoms with Crippen molar-refractivity contribution in [1.29, 1.82) is 0 Å². The van der Waals surface area contributed by atoms with Crippen LogP contribution in [0.1, 0.15) is 50.0 Å². The zero-order valence-electron chi connectivity index (χ0n) is 15.0. The van der Waals surface area contributed by atoms with Gasteiger partial charge in [-0.05, 0) is 62.7 Å². The first-order valence-corrected chi connectivity index (χ1v) is 9.63. The minimum atomic E-state index is 0.0427. The van der Waals surface area contributed by atoms with Gasteiger partial charge in [-0.1, -0.05) is 23.7 Å². The number of aromatic amines is 1. The van der Waals surface area contributed by atoms with Crippen molar-refractivity contribution in [3.8, 4) is 0 Å². The van der Waals surface area contributed by atoms with E-state index in [-0.39, 0.29) is 11.9 Å². The van der Waals surface area contributed by atoms with E-state index in [0.717, 1.165) is 37.3 Å². The second kappa shape index (κ2) is 8.18. The number of hydrogen-bond donors (Lipinski definition) is 1. The average Bonchev–Trinajstić information content (AvgIpc) is 3.03. The van der Waals surface area contributed by atoms with Crippen molar-refractivity contribution in [2.24, 2.45) is 0 Å². The summed E-state index contributed by atoms with van der Waals surface area (Å²) in [5, 5.41) is 8.03. The van der Waals surface area contributed by atoms with Gasteiger partial charge in [-0.2, -0.15) is 5.10 Å². The Balaban J connectivity index is 1.60. The van der Waals surface area contributed by atoms with Crippen LogP contribution >= 0.6 is 23.8 Å². The van der Waals surface area contributed by atoms with Crippen LogP contribution in [0.2, 0.25) is 5.02 Å². The predicted octanol–water partition coefficient (Wildman–Crippen LogP) is 4.59. The maximum absolute atomic E-state index is 12.4. The lowest BCUT2D eigenvalue weighted by Gasteiger charge is -2.31. The number of amides is 1. The number of nitrogens with zero attached hydrogens (tertiary/aromatic N) is 3. The Hall–Kier alpha value is -1.92. The monoisotopic (exact) mass is 390 g/mol. The molecule has 1 N–H and O–H groups in total. The molecule has 1 aromatic heterocycles. The minimum absolute atomic E-state index is 0.0427. The molecule has 5 nitrogen and oxygen atoms in total. The number of piperidine rings is 1. The van der Waals surface area contributed by atoms with Crippen LogP contribution in [0.15, 0.2) is 30.3 Å². The van der Waals surface area contributed by atoms with E-state index >= 15 is 0 Å². The van der Waals surface area contributed by atoms with E-state index in [9.17, 15) is 4.79 Å². The molecule has 1 aromatic carbocycles. The van der Waals surface area contributed by atoms with Crippen LogP contribution in [0.4, 0.5) is 0 Å². The fourth-order valence-corrected chi connectivity index (χ4v) is 3.78. The zero-order chi connectivity index (χ0) is 18.7. The van der Waals surface area contributed by atoms with Crippen molar-refractivity contribution in [1.82, 2.24) is 19.7 Å². The number of carbonyl (C=O) groups excluding carboxylic acids is 1. The first-order valence-electron chi connectivity index (χ1n) is 8.85. The Morgan fingerprint density at radius 1 is 1.31 bits per heavy atom. The number of hydrogen-bond acceptors (Lipinski definition) is 3. The highest BCUT2D eigenvalue weighted by Crippen LogP contribution is 2.28. The summed E-state index contributed by atoms with van der Waals surface area (Å²) in [7, 11) is 0. The maximum atomic E-state index is 12.4. The molecule has 0 atom stereocenters. The summed E-state index contributed by atoms with van der Waals surface area (Å²) in [6.07, 6.45) is 5.25. The quantitative estimate of drug-likeness (QED) is 0.613. The summed E-state index contributed by atoms with van der Waals surface area (Å²) >= 11 is 11.2. The van der Waals surface area contributed by atoms with E-state index in [1.807, 2.05) is 35.2 Å². The van der Waals surface area contributed by atoms with E-state index in [0.29, 0.717) is 15.7 Å². The number of H-pyrrole nitrogens is 1. The summed E-state index contributed by atoms with van der Waals surface area (Å²) < 4.78 is 2.75. The summed E-state index contributed by atoms with van der Waals surface area (Å²) in [5.74, 6) is 1.38. The summed E-state index contributed by atoms with van der Waals surface area (Å²) in [5.41, 5.74) is 0.963. The number of likely N-dealkylation sites (tertiary alicyclic amines) is 1. The minimum Gasteiger partial charge on any atom is -0.339 e. The van der Waals surface area contributed by atoms with Gasteiger partial charge in [0, 0.05) is 36.1 Å². The molecular formula is C19H23ClN4OS. The van der Waals surface area contributed by atoms with Gasteiger partial charge in [0.05, 0.1) is 0 Å². The number of rotatable bonds is 4. The standard InChI is InChI=1S/C19H23ClN4OS/c1-13(2)24-18(21-22-19(24)26)15-9-11-23(12-10-15)17(25)8-5-14-3-6-16(20)7-4-14/h3-8,13,15H,9-12H2,1-2H3,(H,22,26). The Morgan fingerprint density at radius 3 is 2.58 bits per heavy atom. The van der Waals surface area contributed by atoms with Gasteiger partial charge in [-0.15, -0.1) is 0 Å². The topological polar surface area (TPSA) is 53.9 Å². The van der Waals surface area contributed by atoms with Crippen molar-refractivity contribution >= 4 is 35.8 Å². The van der Waals surface area contributed by atoms with Crippen molar-refractivity contribution in [3.63, 3.8) is 0 Å². The van der Waals surface area contributed by atoms with Crippen LogP contribution in [-0.4, -0.2) is 38.7 Å². The Morgan fingerprint density at radius 2 is 1.96 bits per heavy atom. The summed E-state index contributed by atoms with van der Waals surface area (Å²) in [6, 6.07) is 7.70. The van der Waals surface area contributed by atoms with E-state index in [4.69, 9.17) is 23.8 Å². The number of nitrogens with one attached hydrogen (secondary N) is 1. The van der Waals surface area contributed by atoms with E-state index in [2.05, 4.69) is 28.6 Å². The smallest absolute Gasteiger partial charge is 0.246 e. The molecule has 0 saturated carbocycles. The molecule has 0 spiro atoms. The predicted molar refractivity (Wildman–Crippen MR) is 107 cm³/mol. The maximum Gasteiger partial charge on any atom is 0.246 e. The lowest BCUT2D eigenvalue weighted by atomic mass is 9.95. The first kappa shape index (κ1) is 18.9. The molecule has 1 fully saturated rings. The molecule has 26 heavy (non-hydrogen) atoms. The number of halogens is 1. The molecule has 1 amide bonds. The van der Waals surface area contributed by atoms with E-state index in [1.54, 1.807) is 6.08 Å². The van der Waals surface area contributed by atoms with E-state index in [1.165, 1.54) is 0 Å². The molecule has 138 valence electrons. The van der Waals surface area contributed by atoms with Gasteiger partial charge in [0.25, 0.3) is 0 Å². The van der Waals surface area contributed by atoms with E-state index < -0.39 is 0 Å². The van der Waals surface area contributed by atoms with Crippen LogP contribution in [0.5, 0.6) is 0 Å². The molecule has 1 saturated heterocycles. The molecule has 7 heteroatoms. The van der Waals surface area contributed by atoms with Crippen molar-refractivity contribution in [2.45, 2.75) is 38.6 Å². The molecule has 0 unspecified atom stereocenters. The SMILES string of the molecule is CC(C)n1c(C2CCN(C(=O)C=Cc3ccc(Cl)cc3)CC2)n[nH]c1=S. The van der Waals surface area contributed by atoms with Gasteiger partial charge >= 0.3 is 0 Å². The molecule has 0 aliphatic carbocycles. The molecule has 2 aromatic rings. The number of benzene rings is 1. The second-order valence-corrected chi connectivity index (χ2v) is 7.66. The van der Waals surface area contributed by atoms with Gasteiger partial charge in [0.1, 0.15) is 5.82 Å². The summed E-state index contributed by atoms with van der Waals surface area (Å²) in [4.78, 5) is 14.3. The molecular weight excluding hydrogens is 368 g/mol. The van der Waals surface area contributed by atoms with Crippen LogP contribution in [0, 0.1) is 4.77 Å². The third-order valence-electron chi connectivity index (χ3n) is 4.71. The fourth-order valence-electron chi connectivity index (χ4n) is 3.31. The van der Waals surface area contributed by atoms with Crippen LogP contribution in [0.25, 0.3) is 6.08 Å². The number of carbonyl (C=O) groups is 1. The lowest BCUT2D eigenvalue weighted by Crippen LogP contribution is -2.37. The van der Waals surface area contributed by atoms with Gasteiger partial charge in [-0.3, -0.25) is 9.89 Å². The third-order valence-corrected chi connectivity index (χ3v) is 5.25. The van der Waals surface area contributed by atoms with Crippen LogP contribution in [0.3, 0.4) is 0 Å². The lowest BCUT2D eigenvalue weighted by molar-refractivity contribution is -0.127. The number of aromatic nitrogens is 3. The molecule has 0 bridgehead atoms. The summed E-state index contributed by atoms with van der Waals surface area (Å²) in [6.45, 7) is 5.67. The Kier molecular flexibility index (Phi) is 5.94. The molecule has 1 aliphatic rings. The second-order valence-electron chi connectivity index (χ2n) is 6.84. The van der Waals surface area contributed by atoms with Gasteiger partial charge in [0.2, 0.25) is 5.91 Å². The highest BCUT2D eigenvalue weighted by Gasteiger charge is 2.26. The normalized spacial score (nSPS) is 15.9. The van der Waals surface area contributed by atoms with Gasteiger partial charge in [-0.25, -0.2) is 0 Å². The highest BCUT2D eigenvalue weighted by molar-refractivity contribution is 7.71. The van der Waals surface area contributed by atoms with Gasteiger partial charge in [0.15, 0.2) is 4.77 Å². The van der Waals surface area contributed by atoms with Crippen LogP contribution < -0.4 is 0 Å².